The summed E-state index contributed by atoms with van der Waals surface area (Å²) in [4.78, 5) is 0. The minimum atomic E-state index is 0.629. The maximum atomic E-state index is 4.56. The molecule has 0 radical (unpaired) electrons. The predicted molar refractivity (Wildman–Crippen MR) is 98.2 cm³/mol. The Morgan fingerprint density at radius 2 is 1.77 bits per heavy atom. The molecule has 7 nitrogen and oxygen atoms in total. The van der Waals surface area contributed by atoms with Crippen LogP contribution in [0.3, 0.4) is 0 Å². The Bertz CT molecular complexity index is 1020. The van der Waals surface area contributed by atoms with Crippen LogP contribution in [0, 0.1) is 20.8 Å². The lowest BCUT2D eigenvalue weighted by Crippen LogP contribution is -2.04. The van der Waals surface area contributed by atoms with E-state index in [1.54, 1.807) is 0 Å². The summed E-state index contributed by atoms with van der Waals surface area (Å²) in [5.41, 5.74) is 6.46. The van der Waals surface area contributed by atoms with Gasteiger partial charge in [-0.3, -0.25) is 4.68 Å². The average molecular weight is 347 g/mol. The molecular weight excluding hydrogens is 326 g/mol. The van der Waals surface area contributed by atoms with E-state index in [0.717, 1.165) is 22.6 Å². The summed E-state index contributed by atoms with van der Waals surface area (Å²) >= 11 is 0. The molecule has 1 aromatic carbocycles. The molecule has 3 aromatic heterocycles. The van der Waals surface area contributed by atoms with Crippen molar-refractivity contribution in [3.8, 4) is 5.69 Å². The number of para-hydroxylation sites is 1. The van der Waals surface area contributed by atoms with Crippen molar-refractivity contribution in [3.05, 3.63) is 77.1 Å². The van der Waals surface area contributed by atoms with E-state index in [2.05, 4.69) is 34.4 Å². The van der Waals surface area contributed by atoms with Gasteiger partial charge < -0.3 is 0 Å². The van der Waals surface area contributed by atoms with Crippen molar-refractivity contribution in [1.82, 2.24) is 34.6 Å². The Balaban J connectivity index is 1.47. The van der Waals surface area contributed by atoms with Crippen LogP contribution in [-0.2, 0) is 13.1 Å². The molecular formula is C19H21N7. The van der Waals surface area contributed by atoms with Gasteiger partial charge in [0.25, 0.3) is 0 Å². The highest BCUT2D eigenvalue weighted by atomic mass is 15.4. The molecule has 0 fully saturated rings. The second-order valence-electron chi connectivity index (χ2n) is 6.49. The van der Waals surface area contributed by atoms with Gasteiger partial charge in [0.2, 0.25) is 0 Å². The number of benzene rings is 1. The maximum Gasteiger partial charge on any atom is 0.104 e. The van der Waals surface area contributed by atoms with Crippen LogP contribution < -0.4 is 0 Å². The highest BCUT2D eigenvalue weighted by Gasteiger charge is 2.10. The molecule has 0 N–H and O–H groups in total. The molecule has 0 atom stereocenters. The summed E-state index contributed by atoms with van der Waals surface area (Å²) in [6.07, 6.45) is 5.84. The van der Waals surface area contributed by atoms with E-state index in [1.165, 1.54) is 11.3 Å². The molecule has 4 rings (SSSR count). The second-order valence-corrected chi connectivity index (χ2v) is 6.49. The topological polar surface area (TPSA) is 66.3 Å². The van der Waals surface area contributed by atoms with Crippen molar-refractivity contribution < 1.29 is 0 Å². The molecule has 0 aliphatic heterocycles. The average Bonchev–Trinajstić information content (AvgIpc) is 3.35. The van der Waals surface area contributed by atoms with Crippen LogP contribution in [0.1, 0.15) is 28.2 Å². The first-order valence-electron chi connectivity index (χ1n) is 8.59. The van der Waals surface area contributed by atoms with Crippen LogP contribution >= 0.6 is 0 Å². The fourth-order valence-electron chi connectivity index (χ4n) is 2.93. The van der Waals surface area contributed by atoms with Crippen LogP contribution in [0.25, 0.3) is 5.69 Å². The molecule has 4 aromatic rings. The zero-order valence-corrected chi connectivity index (χ0v) is 15.2. The van der Waals surface area contributed by atoms with Gasteiger partial charge in [0.05, 0.1) is 36.9 Å². The second kappa shape index (κ2) is 6.59. The van der Waals surface area contributed by atoms with E-state index in [1.807, 2.05) is 69.9 Å². The molecule has 132 valence electrons. The molecule has 0 amide bonds. The first kappa shape index (κ1) is 16.3. The summed E-state index contributed by atoms with van der Waals surface area (Å²) in [5.74, 6) is 0. The third-order valence-electron chi connectivity index (χ3n) is 4.64. The van der Waals surface area contributed by atoms with Crippen molar-refractivity contribution in [3.63, 3.8) is 0 Å². The predicted octanol–water partition coefficient (Wildman–Crippen LogP) is 2.68. The fourth-order valence-corrected chi connectivity index (χ4v) is 2.93. The van der Waals surface area contributed by atoms with E-state index in [4.69, 9.17) is 0 Å². The van der Waals surface area contributed by atoms with Gasteiger partial charge in [0.15, 0.2) is 0 Å². The van der Waals surface area contributed by atoms with Crippen molar-refractivity contribution in [2.45, 2.75) is 33.9 Å². The van der Waals surface area contributed by atoms with Crippen LogP contribution in [0.4, 0.5) is 0 Å². The molecule has 0 saturated heterocycles. The smallest absolute Gasteiger partial charge is 0.104 e. The highest BCUT2D eigenvalue weighted by Crippen LogP contribution is 2.13. The lowest BCUT2D eigenvalue weighted by molar-refractivity contribution is 0.638. The number of rotatable bonds is 5. The third-order valence-corrected chi connectivity index (χ3v) is 4.64. The monoisotopic (exact) mass is 347 g/mol. The van der Waals surface area contributed by atoms with E-state index in [-0.39, 0.29) is 0 Å². The lowest BCUT2D eigenvalue weighted by atomic mass is 10.2. The number of hydrogen-bond acceptors (Lipinski definition) is 4. The van der Waals surface area contributed by atoms with E-state index >= 15 is 0 Å². The van der Waals surface area contributed by atoms with Gasteiger partial charge in [-0.2, -0.15) is 10.2 Å². The zero-order chi connectivity index (χ0) is 18.1. The molecule has 26 heavy (non-hydrogen) atoms. The van der Waals surface area contributed by atoms with Gasteiger partial charge in [-0.05, 0) is 38.5 Å². The molecule has 0 aliphatic rings. The van der Waals surface area contributed by atoms with Gasteiger partial charge in [0, 0.05) is 17.5 Å². The lowest BCUT2D eigenvalue weighted by Gasteiger charge is -2.01. The Kier molecular flexibility index (Phi) is 4.12. The third kappa shape index (κ3) is 3.15. The largest absolute Gasteiger partial charge is 0.263 e. The van der Waals surface area contributed by atoms with Crippen molar-refractivity contribution >= 4 is 0 Å². The fraction of sp³-hybridized carbons (Fsp3) is 0.263. The van der Waals surface area contributed by atoms with Gasteiger partial charge in [-0.1, -0.05) is 23.4 Å². The summed E-state index contributed by atoms with van der Waals surface area (Å²) in [6.45, 7) is 7.47. The quantitative estimate of drug-likeness (QED) is 0.557. The number of hydrogen-bond donors (Lipinski definition) is 0. The molecule has 0 spiro atoms. The Hall–Kier alpha value is -3.22. The van der Waals surface area contributed by atoms with Crippen molar-refractivity contribution in [2.75, 3.05) is 0 Å². The van der Waals surface area contributed by atoms with Gasteiger partial charge in [-0.15, -0.1) is 5.10 Å². The first-order chi connectivity index (χ1) is 12.6. The van der Waals surface area contributed by atoms with Crippen LogP contribution in [0.5, 0.6) is 0 Å². The molecule has 7 heteroatoms. The number of aryl methyl sites for hydroxylation is 1. The molecule has 3 heterocycles. The summed E-state index contributed by atoms with van der Waals surface area (Å²) in [5, 5.41) is 17.5. The highest BCUT2D eigenvalue weighted by molar-refractivity contribution is 5.31. The minimum Gasteiger partial charge on any atom is -0.263 e. The van der Waals surface area contributed by atoms with Gasteiger partial charge in [0.1, 0.15) is 5.69 Å². The first-order valence-corrected chi connectivity index (χ1v) is 8.59. The summed E-state index contributed by atoms with van der Waals surface area (Å²) in [7, 11) is 0. The standard InChI is InChI=1S/C19H21N7/c1-14-15(2)22-25(16(14)3)13-18-12-24(23-21-18)10-17-9-20-26(11-17)19-7-5-4-6-8-19/h4-9,11-12H,10,13H2,1-3H3. The van der Waals surface area contributed by atoms with E-state index in [9.17, 15) is 0 Å². The molecule has 0 unspecified atom stereocenters. The summed E-state index contributed by atoms with van der Waals surface area (Å²) in [6, 6.07) is 10.1. The van der Waals surface area contributed by atoms with Crippen molar-refractivity contribution in [1.29, 1.82) is 0 Å². The molecule has 0 saturated carbocycles. The SMILES string of the molecule is Cc1nn(Cc2cn(Cc3cnn(-c4ccccc4)c3)nn2)c(C)c1C. The van der Waals surface area contributed by atoms with Crippen molar-refractivity contribution in [2.24, 2.45) is 0 Å². The van der Waals surface area contributed by atoms with Crippen LogP contribution in [0.2, 0.25) is 0 Å². The van der Waals surface area contributed by atoms with E-state index in [0.29, 0.717) is 13.1 Å². The minimum absolute atomic E-state index is 0.629. The molecule has 0 aliphatic carbocycles. The Labute approximate surface area is 151 Å². The van der Waals surface area contributed by atoms with Gasteiger partial charge >= 0.3 is 0 Å². The van der Waals surface area contributed by atoms with E-state index < -0.39 is 0 Å². The molecule has 0 bridgehead atoms. The van der Waals surface area contributed by atoms with Crippen LogP contribution in [0.15, 0.2) is 48.9 Å². The van der Waals surface area contributed by atoms with Gasteiger partial charge in [-0.25, -0.2) is 9.36 Å². The van der Waals surface area contributed by atoms with Crippen LogP contribution in [-0.4, -0.2) is 34.6 Å². The number of nitrogens with zero attached hydrogens (tertiary/aromatic N) is 7. The Morgan fingerprint density at radius 1 is 0.962 bits per heavy atom. The maximum absolute atomic E-state index is 4.56. The zero-order valence-electron chi connectivity index (χ0n) is 15.2. The number of aromatic nitrogens is 7. The Morgan fingerprint density at radius 3 is 2.50 bits per heavy atom. The summed E-state index contributed by atoms with van der Waals surface area (Å²) < 4.78 is 5.68. The normalized spacial score (nSPS) is 11.2.